The molecule has 0 fully saturated rings. The van der Waals surface area contributed by atoms with Crippen LogP contribution < -0.4 is 5.32 Å². The third kappa shape index (κ3) is 1.49. The van der Waals surface area contributed by atoms with Crippen LogP contribution in [0, 0.1) is 0 Å². The summed E-state index contributed by atoms with van der Waals surface area (Å²) >= 11 is 0. The van der Waals surface area contributed by atoms with E-state index in [0.29, 0.717) is 5.56 Å². The average Bonchev–Trinajstić information content (AvgIpc) is 2.41. The fourth-order valence-corrected chi connectivity index (χ4v) is 1.18. The fourth-order valence-electron chi connectivity index (χ4n) is 1.18. The predicted molar refractivity (Wildman–Crippen MR) is 52.2 cm³/mol. The lowest BCUT2D eigenvalue weighted by Gasteiger charge is -2.03. The molecule has 0 aromatic heterocycles. The molecule has 1 heterocycles. The Balaban J connectivity index is 2.51. The Morgan fingerprint density at radius 2 is 2.31 bits per heavy atom. The summed E-state index contributed by atoms with van der Waals surface area (Å²) in [7, 11) is 0. The number of hydrogen-bond donors (Lipinski definition) is 1. The summed E-state index contributed by atoms with van der Waals surface area (Å²) in [4.78, 5) is 14.5. The van der Waals surface area contributed by atoms with Gasteiger partial charge in [-0.15, -0.1) is 0 Å². The Morgan fingerprint density at radius 1 is 1.38 bits per heavy atom. The van der Waals surface area contributed by atoms with E-state index in [1.807, 2.05) is 6.07 Å². The summed E-state index contributed by atoms with van der Waals surface area (Å²) < 4.78 is 0. The first-order chi connectivity index (χ1) is 6.40. The fraction of sp³-hybridized carbons (Fsp3) is 0. The summed E-state index contributed by atoms with van der Waals surface area (Å²) in [5.74, 6) is 0. The molecule has 1 aliphatic heterocycles. The van der Waals surface area contributed by atoms with Gasteiger partial charge < -0.3 is 5.32 Å². The van der Waals surface area contributed by atoms with Crippen molar-refractivity contribution in [2.75, 3.05) is 5.32 Å². The minimum atomic E-state index is 0.662. The van der Waals surface area contributed by atoms with E-state index in [9.17, 15) is 4.79 Å². The molecule has 0 amide bonds. The highest BCUT2D eigenvalue weighted by atomic mass is 16.1. The molecule has 3 nitrogen and oxygen atoms in total. The molecule has 0 spiro atoms. The minimum Gasteiger partial charge on any atom is -0.360 e. The van der Waals surface area contributed by atoms with Crippen molar-refractivity contribution in [3.05, 3.63) is 41.7 Å². The molecule has 13 heavy (non-hydrogen) atoms. The van der Waals surface area contributed by atoms with E-state index in [2.05, 4.69) is 10.3 Å². The number of anilines is 1. The van der Waals surface area contributed by atoms with Crippen molar-refractivity contribution < 1.29 is 4.79 Å². The zero-order valence-electron chi connectivity index (χ0n) is 6.90. The Morgan fingerprint density at radius 3 is 3.15 bits per heavy atom. The second-order valence-electron chi connectivity index (χ2n) is 2.70. The summed E-state index contributed by atoms with van der Waals surface area (Å²) in [5.41, 5.74) is 2.55. The van der Waals surface area contributed by atoms with Gasteiger partial charge in [-0.3, -0.25) is 9.79 Å². The smallest absolute Gasteiger partial charge is 0.150 e. The molecule has 0 unspecified atom stereocenters. The number of nitrogens with one attached hydrogen (secondary N) is 1. The Bertz CT molecular complexity index is 394. The largest absolute Gasteiger partial charge is 0.360 e. The number of fused-ring (bicyclic) bond motifs is 1. The van der Waals surface area contributed by atoms with Crippen molar-refractivity contribution in [2.45, 2.75) is 0 Å². The molecule has 3 heteroatoms. The number of nitrogens with zero attached hydrogens (tertiary/aromatic N) is 1. The third-order valence-corrected chi connectivity index (χ3v) is 1.83. The molecule has 0 bridgehead atoms. The van der Waals surface area contributed by atoms with Crippen LogP contribution in [-0.4, -0.2) is 12.5 Å². The number of hydrogen-bond acceptors (Lipinski definition) is 3. The molecule has 1 aromatic carbocycles. The molecule has 64 valence electrons. The number of carbonyl (C=O) groups excluding carboxylic acids is 1. The van der Waals surface area contributed by atoms with E-state index in [0.717, 1.165) is 17.5 Å². The van der Waals surface area contributed by atoms with E-state index in [1.165, 1.54) is 0 Å². The van der Waals surface area contributed by atoms with Crippen molar-refractivity contribution >= 4 is 18.2 Å². The van der Waals surface area contributed by atoms with Crippen molar-refractivity contribution in [1.82, 2.24) is 0 Å². The maximum atomic E-state index is 10.5. The van der Waals surface area contributed by atoms with Crippen molar-refractivity contribution in [2.24, 2.45) is 4.99 Å². The maximum absolute atomic E-state index is 10.5. The van der Waals surface area contributed by atoms with Crippen LogP contribution in [0.5, 0.6) is 0 Å². The molecular formula is C10H8N2O. The number of carbonyl (C=O) groups is 1. The topological polar surface area (TPSA) is 41.5 Å². The van der Waals surface area contributed by atoms with Crippen LogP contribution in [0.3, 0.4) is 0 Å². The van der Waals surface area contributed by atoms with Crippen molar-refractivity contribution in [3.8, 4) is 0 Å². The lowest BCUT2D eigenvalue weighted by atomic mass is 10.1. The van der Waals surface area contributed by atoms with Crippen LogP contribution in [0.25, 0.3) is 0 Å². The van der Waals surface area contributed by atoms with Crippen LogP contribution in [0.2, 0.25) is 0 Å². The molecule has 0 saturated carbocycles. The highest BCUT2D eigenvalue weighted by Gasteiger charge is 2.01. The summed E-state index contributed by atoms with van der Waals surface area (Å²) in [6.07, 6.45) is 5.98. The second kappa shape index (κ2) is 3.23. The average molecular weight is 172 g/mol. The molecule has 0 atom stereocenters. The van der Waals surface area contributed by atoms with Gasteiger partial charge in [0.15, 0.2) is 0 Å². The Labute approximate surface area is 75.8 Å². The third-order valence-electron chi connectivity index (χ3n) is 1.83. The van der Waals surface area contributed by atoms with Crippen molar-refractivity contribution in [1.29, 1.82) is 0 Å². The lowest BCUT2D eigenvalue weighted by molar-refractivity contribution is 0.112. The van der Waals surface area contributed by atoms with Crippen LogP contribution in [0.1, 0.15) is 15.9 Å². The van der Waals surface area contributed by atoms with Crippen LogP contribution in [0.15, 0.2) is 35.6 Å². The van der Waals surface area contributed by atoms with Gasteiger partial charge in [0.2, 0.25) is 0 Å². The highest BCUT2D eigenvalue weighted by molar-refractivity contribution is 5.91. The van der Waals surface area contributed by atoms with Crippen LogP contribution in [-0.2, 0) is 0 Å². The molecule has 2 rings (SSSR count). The van der Waals surface area contributed by atoms with Crippen LogP contribution >= 0.6 is 0 Å². The monoisotopic (exact) mass is 172 g/mol. The van der Waals surface area contributed by atoms with Crippen LogP contribution in [0.4, 0.5) is 5.69 Å². The molecule has 0 aliphatic carbocycles. The zero-order valence-corrected chi connectivity index (χ0v) is 6.90. The first-order valence-electron chi connectivity index (χ1n) is 3.94. The minimum absolute atomic E-state index is 0.662. The van der Waals surface area contributed by atoms with E-state index in [-0.39, 0.29) is 0 Å². The first-order valence-corrected chi connectivity index (χ1v) is 3.94. The van der Waals surface area contributed by atoms with E-state index >= 15 is 0 Å². The SMILES string of the molecule is O=Cc1ccc2c(c1)NC=CN=C2. The lowest BCUT2D eigenvalue weighted by Crippen LogP contribution is -1.93. The molecule has 1 N–H and O–H groups in total. The number of benzene rings is 1. The van der Waals surface area contributed by atoms with Gasteiger partial charge in [0.1, 0.15) is 6.29 Å². The van der Waals surface area contributed by atoms with Gasteiger partial charge in [0.25, 0.3) is 0 Å². The summed E-state index contributed by atoms with van der Waals surface area (Å²) in [6.45, 7) is 0. The molecule has 0 radical (unpaired) electrons. The number of aliphatic imine (C=N–C) groups is 1. The van der Waals surface area contributed by atoms with Gasteiger partial charge in [0.05, 0.1) is 0 Å². The standard InChI is InChI=1S/C10H8N2O/c13-7-8-1-2-9-6-11-3-4-12-10(9)5-8/h1-7,12H. The molecule has 0 saturated heterocycles. The van der Waals surface area contributed by atoms with E-state index in [1.54, 1.807) is 30.7 Å². The van der Waals surface area contributed by atoms with E-state index in [4.69, 9.17) is 0 Å². The first kappa shape index (κ1) is 7.73. The van der Waals surface area contributed by atoms with Crippen molar-refractivity contribution in [3.63, 3.8) is 0 Å². The summed E-state index contributed by atoms with van der Waals surface area (Å²) in [6, 6.07) is 5.43. The molecule has 1 aromatic rings. The highest BCUT2D eigenvalue weighted by Crippen LogP contribution is 2.16. The van der Waals surface area contributed by atoms with Gasteiger partial charge in [-0.25, -0.2) is 0 Å². The number of aldehydes is 1. The van der Waals surface area contributed by atoms with E-state index < -0.39 is 0 Å². The maximum Gasteiger partial charge on any atom is 0.150 e. The zero-order chi connectivity index (χ0) is 9.10. The van der Waals surface area contributed by atoms with Gasteiger partial charge >= 0.3 is 0 Å². The Hall–Kier alpha value is -1.90. The normalized spacial score (nSPS) is 12.9. The van der Waals surface area contributed by atoms with Gasteiger partial charge in [-0.2, -0.15) is 0 Å². The van der Waals surface area contributed by atoms with Gasteiger partial charge in [0, 0.05) is 35.4 Å². The van der Waals surface area contributed by atoms with Gasteiger partial charge in [-0.1, -0.05) is 12.1 Å². The Kier molecular flexibility index (Phi) is 1.92. The number of rotatable bonds is 1. The second-order valence-corrected chi connectivity index (χ2v) is 2.70. The quantitative estimate of drug-likeness (QED) is 0.656. The molecule has 1 aliphatic rings. The predicted octanol–water partition coefficient (Wildman–Crippen LogP) is 1.81. The summed E-state index contributed by atoms with van der Waals surface area (Å²) in [5, 5.41) is 3.04. The molecular weight excluding hydrogens is 164 g/mol. The van der Waals surface area contributed by atoms with Gasteiger partial charge in [-0.05, 0) is 6.07 Å².